The molecule has 1 aliphatic heterocycles. The molecule has 4 nitrogen and oxygen atoms in total. The van der Waals surface area contributed by atoms with Gasteiger partial charge in [0, 0.05) is 18.6 Å². The lowest BCUT2D eigenvalue weighted by atomic mass is 10.00. The van der Waals surface area contributed by atoms with Crippen molar-refractivity contribution in [1.29, 1.82) is 0 Å². The molecule has 1 heterocycles. The van der Waals surface area contributed by atoms with Crippen LogP contribution >= 0.6 is 0 Å². The third-order valence-corrected chi connectivity index (χ3v) is 3.62. The van der Waals surface area contributed by atoms with E-state index in [4.69, 9.17) is 4.74 Å². The molecular weight excluding hydrogens is 240 g/mol. The summed E-state index contributed by atoms with van der Waals surface area (Å²) in [6.07, 6.45) is 1.07. The number of rotatable bonds is 2. The van der Waals surface area contributed by atoms with Crippen LogP contribution in [0.2, 0.25) is 0 Å². The molecule has 0 aromatic heterocycles. The molecule has 1 aliphatic rings. The highest BCUT2D eigenvalue weighted by atomic mass is 16.5. The quantitative estimate of drug-likeness (QED) is 0.828. The number of carbonyl (C=O) groups excluding carboxylic acids is 1. The average molecular weight is 262 g/mol. The zero-order valence-corrected chi connectivity index (χ0v) is 11.9. The molecule has 1 aromatic rings. The number of hydrogen-bond acceptors (Lipinski definition) is 4. The molecule has 0 aliphatic carbocycles. The Labute approximate surface area is 114 Å². The van der Waals surface area contributed by atoms with Gasteiger partial charge < -0.3 is 15.0 Å². The molecule has 1 saturated heterocycles. The van der Waals surface area contributed by atoms with Crippen LogP contribution in [-0.2, 0) is 4.74 Å². The molecule has 0 radical (unpaired) electrons. The molecule has 0 spiro atoms. The minimum absolute atomic E-state index is 0.0272. The number of hydrogen-bond donors (Lipinski definition) is 1. The molecular formula is C15H22N2O2. The zero-order chi connectivity index (χ0) is 13.9. The van der Waals surface area contributed by atoms with Gasteiger partial charge >= 0.3 is 5.97 Å². The van der Waals surface area contributed by atoms with Crippen LogP contribution in [0.3, 0.4) is 0 Å². The predicted molar refractivity (Wildman–Crippen MR) is 76.7 cm³/mol. The summed E-state index contributed by atoms with van der Waals surface area (Å²) >= 11 is 0. The van der Waals surface area contributed by atoms with Crippen molar-refractivity contribution < 1.29 is 9.53 Å². The highest BCUT2D eigenvalue weighted by Crippen LogP contribution is 2.29. The standard InChI is InChI=1S/C15H22N2O2/c1-15(2)11-16-9-6-10-17(15)13-8-5-4-7-12(13)14(18)19-3/h4-5,7-8,16H,6,9-11H2,1-3H3. The molecule has 2 rings (SSSR count). The summed E-state index contributed by atoms with van der Waals surface area (Å²) in [5.41, 5.74) is 1.57. The maximum Gasteiger partial charge on any atom is 0.339 e. The van der Waals surface area contributed by atoms with Crippen LogP contribution in [0.1, 0.15) is 30.6 Å². The monoisotopic (exact) mass is 262 g/mol. The van der Waals surface area contributed by atoms with Crippen LogP contribution in [0.5, 0.6) is 0 Å². The van der Waals surface area contributed by atoms with E-state index in [9.17, 15) is 4.79 Å². The second-order valence-corrected chi connectivity index (χ2v) is 5.50. The maximum atomic E-state index is 11.9. The highest BCUT2D eigenvalue weighted by Gasteiger charge is 2.30. The second kappa shape index (κ2) is 5.61. The van der Waals surface area contributed by atoms with Crippen LogP contribution in [0, 0.1) is 0 Å². The van der Waals surface area contributed by atoms with E-state index in [0.29, 0.717) is 5.56 Å². The molecule has 1 N–H and O–H groups in total. The summed E-state index contributed by atoms with van der Waals surface area (Å²) in [4.78, 5) is 14.2. The number of carbonyl (C=O) groups is 1. The molecule has 0 amide bonds. The fraction of sp³-hybridized carbons (Fsp3) is 0.533. The Hall–Kier alpha value is -1.55. The number of nitrogens with one attached hydrogen (secondary N) is 1. The molecule has 1 aromatic carbocycles. The van der Waals surface area contributed by atoms with Crippen LogP contribution in [0.15, 0.2) is 24.3 Å². The first-order valence-corrected chi connectivity index (χ1v) is 6.72. The fourth-order valence-corrected chi connectivity index (χ4v) is 2.59. The van der Waals surface area contributed by atoms with Gasteiger partial charge in [0.05, 0.1) is 18.4 Å². The summed E-state index contributed by atoms with van der Waals surface area (Å²) < 4.78 is 4.89. The third kappa shape index (κ3) is 2.89. The minimum atomic E-state index is -0.274. The van der Waals surface area contributed by atoms with E-state index in [0.717, 1.165) is 31.7 Å². The van der Waals surface area contributed by atoms with Crippen molar-refractivity contribution in [2.75, 3.05) is 31.6 Å². The fourth-order valence-electron chi connectivity index (χ4n) is 2.59. The van der Waals surface area contributed by atoms with Crippen molar-refractivity contribution in [2.24, 2.45) is 0 Å². The van der Waals surface area contributed by atoms with Gasteiger partial charge in [0.1, 0.15) is 0 Å². The van der Waals surface area contributed by atoms with Gasteiger partial charge in [-0.25, -0.2) is 4.79 Å². The van der Waals surface area contributed by atoms with E-state index in [-0.39, 0.29) is 11.5 Å². The number of esters is 1. The Kier molecular flexibility index (Phi) is 4.10. The Morgan fingerprint density at radius 3 is 2.84 bits per heavy atom. The van der Waals surface area contributed by atoms with Crippen molar-refractivity contribution in [3.8, 4) is 0 Å². The van der Waals surface area contributed by atoms with Gasteiger partial charge in [-0.2, -0.15) is 0 Å². The Morgan fingerprint density at radius 1 is 1.37 bits per heavy atom. The van der Waals surface area contributed by atoms with Gasteiger partial charge in [-0.1, -0.05) is 12.1 Å². The van der Waals surface area contributed by atoms with Crippen LogP contribution < -0.4 is 10.2 Å². The lowest BCUT2D eigenvalue weighted by molar-refractivity contribution is 0.0601. The van der Waals surface area contributed by atoms with E-state index in [1.165, 1.54) is 7.11 Å². The average Bonchev–Trinajstić information content (AvgIpc) is 2.58. The Morgan fingerprint density at radius 2 is 2.11 bits per heavy atom. The van der Waals surface area contributed by atoms with Gasteiger partial charge in [0.2, 0.25) is 0 Å². The second-order valence-electron chi connectivity index (χ2n) is 5.50. The molecule has 0 unspecified atom stereocenters. The summed E-state index contributed by atoms with van der Waals surface area (Å²) in [5, 5.41) is 3.44. The topological polar surface area (TPSA) is 41.6 Å². The summed E-state index contributed by atoms with van der Waals surface area (Å²) in [6, 6.07) is 7.67. The zero-order valence-electron chi connectivity index (χ0n) is 11.9. The number of methoxy groups -OCH3 is 1. The Balaban J connectivity index is 2.41. The van der Waals surface area contributed by atoms with E-state index in [1.54, 1.807) is 0 Å². The lowest BCUT2D eigenvalue weighted by Crippen LogP contribution is -2.49. The van der Waals surface area contributed by atoms with E-state index in [2.05, 4.69) is 24.1 Å². The molecule has 0 atom stereocenters. The van der Waals surface area contributed by atoms with E-state index in [1.807, 2.05) is 24.3 Å². The first-order chi connectivity index (χ1) is 9.06. The Bertz CT molecular complexity index is 457. The number of para-hydroxylation sites is 1. The predicted octanol–water partition coefficient (Wildman–Crippen LogP) is 2.05. The highest BCUT2D eigenvalue weighted by molar-refractivity contribution is 5.96. The van der Waals surface area contributed by atoms with Crippen LogP contribution in [0.4, 0.5) is 5.69 Å². The molecule has 104 valence electrons. The molecule has 4 heteroatoms. The number of ether oxygens (including phenoxy) is 1. The summed E-state index contributed by atoms with van der Waals surface area (Å²) in [5.74, 6) is -0.274. The van der Waals surface area contributed by atoms with Gasteiger partial charge in [-0.05, 0) is 38.9 Å². The maximum absolute atomic E-state index is 11.9. The normalized spacial score (nSPS) is 18.8. The number of nitrogens with zero attached hydrogens (tertiary/aromatic N) is 1. The van der Waals surface area contributed by atoms with Gasteiger partial charge in [-0.15, -0.1) is 0 Å². The molecule has 0 saturated carbocycles. The van der Waals surface area contributed by atoms with Gasteiger partial charge in [0.15, 0.2) is 0 Å². The van der Waals surface area contributed by atoms with Crippen LogP contribution in [0.25, 0.3) is 0 Å². The van der Waals surface area contributed by atoms with Crippen molar-refractivity contribution in [1.82, 2.24) is 5.32 Å². The number of benzene rings is 1. The number of anilines is 1. The first kappa shape index (κ1) is 13.9. The first-order valence-electron chi connectivity index (χ1n) is 6.72. The van der Waals surface area contributed by atoms with Crippen LogP contribution in [-0.4, -0.2) is 38.3 Å². The minimum Gasteiger partial charge on any atom is -0.465 e. The molecule has 19 heavy (non-hydrogen) atoms. The summed E-state index contributed by atoms with van der Waals surface area (Å²) in [6.45, 7) is 7.25. The van der Waals surface area contributed by atoms with Crippen molar-refractivity contribution in [3.63, 3.8) is 0 Å². The van der Waals surface area contributed by atoms with Gasteiger partial charge in [-0.3, -0.25) is 0 Å². The third-order valence-electron chi connectivity index (χ3n) is 3.62. The lowest BCUT2D eigenvalue weighted by Gasteiger charge is -2.39. The molecule has 1 fully saturated rings. The van der Waals surface area contributed by atoms with Crippen molar-refractivity contribution in [2.45, 2.75) is 25.8 Å². The largest absolute Gasteiger partial charge is 0.465 e. The molecule has 0 bridgehead atoms. The van der Waals surface area contributed by atoms with E-state index >= 15 is 0 Å². The summed E-state index contributed by atoms with van der Waals surface area (Å²) in [7, 11) is 1.42. The van der Waals surface area contributed by atoms with Gasteiger partial charge in [0.25, 0.3) is 0 Å². The van der Waals surface area contributed by atoms with E-state index < -0.39 is 0 Å². The smallest absolute Gasteiger partial charge is 0.339 e. The SMILES string of the molecule is COC(=O)c1ccccc1N1CCCNCC1(C)C. The van der Waals surface area contributed by atoms with Crippen molar-refractivity contribution in [3.05, 3.63) is 29.8 Å². The van der Waals surface area contributed by atoms with Crippen molar-refractivity contribution >= 4 is 11.7 Å².